The highest BCUT2D eigenvalue weighted by Gasteiger charge is 2.41. The van der Waals surface area contributed by atoms with E-state index in [1.165, 1.54) is 23.3 Å². The third-order valence-corrected chi connectivity index (χ3v) is 18.8. The van der Waals surface area contributed by atoms with E-state index >= 15 is 0 Å². The molecule has 1 aliphatic carbocycles. The summed E-state index contributed by atoms with van der Waals surface area (Å²) in [5.41, 5.74) is 5.03. The van der Waals surface area contributed by atoms with Crippen LogP contribution in [0.3, 0.4) is 0 Å². The van der Waals surface area contributed by atoms with E-state index in [0.717, 1.165) is 120 Å². The summed E-state index contributed by atoms with van der Waals surface area (Å²) in [6.07, 6.45) is 10.0. The Hall–Kier alpha value is -7.21. The highest BCUT2D eigenvalue weighted by atomic mass is 32.1. The molecular formula is C65H79N11O7S. The van der Waals surface area contributed by atoms with Crippen LogP contribution in [-0.4, -0.2) is 164 Å². The van der Waals surface area contributed by atoms with Gasteiger partial charge in [-0.3, -0.25) is 19.3 Å². The molecule has 442 valence electrons. The summed E-state index contributed by atoms with van der Waals surface area (Å²) in [5, 5.41) is 23.4. The first kappa shape index (κ1) is 58.6. The number of piperazine rings is 1. The second kappa shape index (κ2) is 27.2. The average Bonchev–Trinajstić information content (AvgIpc) is 2.81. The van der Waals surface area contributed by atoms with Crippen molar-refractivity contribution >= 4 is 62.1 Å². The number of hydrogen-bond donors (Lipinski definition) is 2. The van der Waals surface area contributed by atoms with Crippen molar-refractivity contribution in [2.24, 2.45) is 5.92 Å². The lowest BCUT2D eigenvalue weighted by Gasteiger charge is -2.42. The summed E-state index contributed by atoms with van der Waals surface area (Å²) >= 11 is 1.60. The van der Waals surface area contributed by atoms with Crippen molar-refractivity contribution in [3.05, 3.63) is 113 Å². The van der Waals surface area contributed by atoms with Crippen molar-refractivity contribution in [1.29, 1.82) is 5.26 Å². The van der Waals surface area contributed by atoms with Gasteiger partial charge >= 0.3 is 6.01 Å². The molecular weight excluding hydrogens is 1080 g/mol. The first-order chi connectivity index (χ1) is 41.1. The standard InChI is InChI=1S/C65H79N11O7S/c1-5-59(77)75-32-31-74(38-46(75)26-28-66)61-53-27-30-73(56-22-13-18-44-15-9-10-19-49(44)56)40-54(53)69-65(71-61)83-41-47-37-48(39-72(47)4)81-35-33-80-34-36-82-58-25-24-51(50-20-11-12-21-52(50)58)55-42-84-63(68-55)57-23-14-29-76(57)64(79)60(45-16-7-6-8-17-45)70-62(78)43(2)67-3/h5,9-13,15,18-22,24-25,42-43,45-48,57,60,67H,1,6-8,14,16-17,23,26-27,29-41H2,2-4H3,(H,70,78)/t43-,46-,47-,48+,57-,60?/m0/s1. The highest BCUT2D eigenvalue weighted by molar-refractivity contribution is 7.10. The average molecular weight is 1160 g/mol. The molecule has 6 atom stereocenters. The van der Waals surface area contributed by atoms with Gasteiger partial charge < -0.3 is 49.2 Å². The zero-order valence-electron chi connectivity index (χ0n) is 48.8. The Morgan fingerprint density at radius 1 is 0.821 bits per heavy atom. The van der Waals surface area contributed by atoms with Crippen LogP contribution in [0, 0.1) is 17.2 Å². The molecule has 0 radical (unpaired) electrons. The quantitative estimate of drug-likeness (QED) is 0.0486. The summed E-state index contributed by atoms with van der Waals surface area (Å²) in [5.74, 6) is 1.42. The molecule has 2 N–H and O–H groups in total. The van der Waals surface area contributed by atoms with E-state index in [1.807, 2.05) is 30.0 Å². The lowest BCUT2D eigenvalue weighted by Crippen LogP contribution is -2.55. The van der Waals surface area contributed by atoms with Gasteiger partial charge in [-0.1, -0.05) is 86.5 Å². The maximum atomic E-state index is 14.4. The van der Waals surface area contributed by atoms with Gasteiger partial charge in [0.1, 0.15) is 35.8 Å². The number of rotatable bonds is 22. The number of aromatic nitrogens is 3. The Labute approximate surface area is 497 Å². The first-order valence-electron chi connectivity index (χ1n) is 30.2. The topological polar surface area (TPSA) is 191 Å². The molecule has 6 heterocycles. The summed E-state index contributed by atoms with van der Waals surface area (Å²) in [7, 11) is 3.86. The third kappa shape index (κ3) is 13.0. The second-order valence-corrected chi connectivity index (χ2v) is 23.9. The van der Waals surface area contributed by atoms with Crippen LogP contribution in [-0.2, 0) is 36.8 Å². The zero-order valence-corrected chi connectivity index (χ0v) is 49.6. The van der Waals surface area contributed by atoms with E-state index in [0.29, 0.717) is 71.8 Å². The van der Waals surface area contributed by atoms with E-state index in [1.54, 1.807) is 23.3 Å². The fourth-order valence-electron chi connectivity index (χ4n) is 13.1. The Kier molecular flexibility index (Phi) is 19.0. The molecule has 3 saturated heterocycles. The maximum Gasteiger partial charge on any atom is 0.318 e. The number of carbonyl (C=O) groups excluding carboxylic acids is 3. The number of thiazole rings is 1. The van der Waals surface area contributed by atoms with Crippen LogP contribution >= 0.6 is 11.3 Å². The molecule has 3 amide bonds. The molecule has 11 rings (SSSR count). The van der Waals surface area contributed by atoms with Gasteiger partial charge in [-0.15, -0.1) is 11.3 Å². The molecule has 6 aromatic rings. The number of fused-ring (bicyclic) bond motifs is 3. The number of nitrogens with zero attached hydrogens (tertiary/aromatic N) is 9. The molecule has 2 aromatic heterocycles. The van der Waals surface area contributed by atoms with Gasteiger partial charge in [-0.2, -0.15) is 15.2 Å². The Morgan fingerprint density at radius 3 is 2.44 bits per heavy atom. The lowest BCUT2D eigenvalue weighted by molar-refractivity contribution is -0.139. The van der Waals surface area contributed by atoms with Gasteiger partial charge in [-0.25, -0.2) is 4.98 Å². The van der Waals surface area contributed by atoms with Gasteiger partial charge in [0.25, 0.3) is 0 Å². The summed E-state index contributed by atoms with van der Waals surface area (Å²) in [4.78, 5) is 66.4. The molecule has 0 bridgehead atoms. The maximum absolute atomic E-state index is 14.4. The van der Waals surface area contributed by atoms with Crippen LogP contribution in [0.5, 0.6) is 11.8 Å². The molecule has 4 aliphatic heterocycles. The minimum atomic E-state index is -0.537. The van der Waals surface area contributed by atoms with Crippen LogP contribution in [0.15, 0.2) is 96.9 Å². The zero-order chi connectivity index (χ0) is 58.1. The number of hydrogen-bond acceptors (Lipinski definition) is 16. The van der Waals surface area contributed by atoms with Crippen LogP contribution in [0.1, 0.15) is 87.0 Å². The van der Waals surface area contributed by atoms with Crippen LogP contribution in [0.4, 0.5) is 11.5 Å². The minimum absolute atomic E-state index is 0.00718. The van der Waals surface area contributed by atoms with E-state index in [-0.39, 0.29) is 60.3 Å². The summed E-state index contributed by atoms with van der Waals surface area (Å²) < 4.78 is 25.3. The number of amides is 3. The Balaban J connectivity index is 0.672. The van der Waals surface area contributed by atoms with Crippen LogP contribution in [0.2, 0.25) is 0 Å². The lowest BCUT2D eigenvalue weighted by atomic mass is 9.83. The highest BCUT2D eigenvalue weighted by Crippen LogP contribution is 2.41. The number of carbonyl (C=O) groups is 3. The molecule has 1 saturated carbocycles. The fraction of sp³-hybridized carbons (Fsp3) is 0.492. The Bertz CT molecular complexity index is 3340. The Morgan fingerprint density at radius 2 is 1.62 bits per heavy atom. The third-order valence-electron chi connectivity index (χ3n) is 17.8. The second-order valence-electron chi connectivity index (χ2n) is 23.0. The van der Waals surface area contributed by atoms with E-state index in [9.17, 15) is 19.6 Å². The predicted molar refractivity (Wildman–Crippen MR) is 327 cm³/mol. The van der Waals surface area contributed by atoms with E-state index in [4.69, 9.17) is 33.9 Å². The summed E-state index contributed by atoms with van der Waals surface area (Å²) in [6.45, 7) is 11.9. The van der Waals surface area contributed by atoms with E-state index in [2.05, 4.69) is 111 Å². The first-order valence-corrected chi connectivity index (χ1v) is 31.0. The molecule has 1 unspecified atom stereocenters. The molecule has 0 spiro atoms. The number of likely N-dealkylation sites (N-methyl/N-ethyl adjacent to an activating group) is 2. The minimum Gasteiger partial charge on any atom is -0.491 e. The molecule has 4 fully saturated rings. The number of likely N-dealkylation sites (tertiary alicyclic amines) is 2. The number of ether oxygens (including phenoxy) is 4. The number of benzene rings is 4. The molecule has 18 nitrogen and oxygen atoms in total. The van der Waals surface area contributed by atoms with E-state index < -0.39 is 6.04 Å². The van der Waals surface area contributed by atoms with Gasteiger partial charge in [0.15, 0.2) is 0 Å². The molecule has 84 heavy (non-hydrogen) atoms. The van der Waals surface area contributed by atoms with Crippen molar-refractivity contribution in [3.8, 4) is 29.1 Å². The SMILES string of the molecule is C=CC(=O)N1CCN(c2nc(OC[C@@H]3C[C@@H](OCCOCCOc4ccc(-c5csc([C@@H]6CCCN6C(=O)C(NC(=O)[C@H](C)NC)C6CCCCC6)n5)c5ccccc45)CN3C)nc3c2CCN(c2cccc4ccccc24)C3)C[C@@H]1CC#N. The molecule has 19 heteroatoms. The smallest absolute Gasteiger partial charge is 0.318 e. The number of anilines is 2. The summed E-state index contributed by atoms with van der Waals surface area (Å²) in [6, 6.07) is 28.5. The number of nitrogens with one attached hydrogen (secondary N) is 2. The predicted octanol–water partition coefficient (Wildman–Crippen LogP) is 8.49. The largest absolute Gasteiger partial charge is 0.491 e. The fourth-order valence-corrected chi connectivity index (χ4v) is 14.1. The van der Waals surface area contributed by atoms with Gasteiger partial charge in [0.05, 0.1) is 74.5 Å². The molecule has 4 aromatic carbocycles. The van der Waals surface area contributed by atoms with Gasteiger partial charge in [-0.05, 0) is 101 Å². The van der Waals surface area contributed by atoms with Crippen LogP contribution < -0.4 is 29.9 Å². The van der Waals surface area contributed by atoms with Gasteiger partial charge in [0.2, 0.25) is 17.7 Å². The van der Waals surface area contributed by atoms with Crippen molar-refractivity contribution in [2.75, 3.05) is 96.2 Å². The van der Waals surface area contributed by atoms with Crippen molar-refractivity contribution in [1.82, 2.24) is 40.3 Å². The van der Waals surface area contributed by atoms with Gasteiger partial charge in [0, 0.05) is 78.3 Å². The van der Waals surface area contributed by atoms with Crippen LogP contribution in [0.25, 0.3) is 32.8 Å². The number of nitriles is 1. The monoisotopic (exact) mass is 1160 g/mol. The van der Waals surface area contributed by atoms with Crippen molar-refractivity contribution in [2.45, 2.75) is 114 Å². The normalized spacial score (nSPS) is 21.1. The van der Waals surface area contributed by atoms with Crippen molar-refractivity contribution in [3.63, 3.8) is 0 Å². The molecule has 5 aliphatic rings. The van der Waals surface area contributed by atoms with Crippen molar-refractivity contribution < 1.29 is 33.3 Å².